The third-order valence-corrected chi connectivity index (χ3v) is 3.44. The fraction of sp³-hybridized carbons (Fsp3) is 0.400. The Balaban J connectivity index is 2.28. The molecule has 0 unspecified atom stereocenters. The molecule has 112 valence electrons. The summed E-state index contributed by atoms with van der Waals surface area (Å²) in [5.74, 6) is 0.711. The zero-order chi connectivity index (χ0) is 15.6. The predicted octanol–water partition coefficient (Wildman–Crippen LogP) is 3.87. The number of esters is 1. The van der Waals surface area contributed by atoms with Gasteiger partial charge in [0.1, 0.15) is 0 Å². The quantitative estimate of drug-likeness (QED) is 0.784. The predicted molar refractivity (Wildman–Crippen MR) is 81.9 cm³/mol. The van der Waals surface area contributed by atoms with E-state index in [2.05, 4.69) is 51.6 Å². The SMILES string of the molecule is COC(=O)c1ccc(-c2noc(CC(C)(C)C)n2)c(Br)c1. The van der Waals surface area contributed by atoms with Crippen molar-refractivity contribution in [1.82, 2.24) is 10.1 Å². The number of carbonyl (C=O) groups is 1. The average molecular weight is 353 g/mol. The summed E-state index contributed by atoms with van der Waals surface area (Å²) in [7, 11) is 1.35. The van der Waals surface area contributed by atoms with Gasteiger partial charge in [-0.05, 0) is 23.6 Å². The van der Waals surface area contributed by atoms with E-state index in [0.717, 1.165) is 5.56 Å². The van der Waals surface area contributed by atoms with E-state index in [1.54, 1.807) is 18.2 Å². The first kappa shape index (κ1) is 15.7. The zero-order valence-electron chi connectivity index (χ0n) is 12.4. The molecule has 0 N–H and O–H groups in total. The molecule has 21 heavy (non-hydrogen) atoms. The molecule has 0 aliphatic carbocycles. The van der Waals surface area contributed by atoms with Crippen molar-refractivity contribution in [2.24, 2.45) is 5.41 Å². The van der Waals surface area contributed by atoms with Crippen molar-refractivity contribution in [3.05, 3.63) is 34.1 Å². The Bertz CT molecular complexity index is 659. The first-order valence-electron chi connectivity index (χ1n) is 6.51. The number of nitrogens with zero attached hydrogens (tertiary/aromatic N) is 2. The van der Waals surface area contributed by atoms with Crippen molar-refractivity contribution in [3.8, 4) is 11.4 Å². The second-order valence-electron chi connectivity index (χ2n) is 5.94. The maximum Gasteiger partial charge on any atom is 0.337 e. The van der Waals surface area contributed by atoms with Gasteiger partial charge in [0.15, 0.2) is 0 Å². The summed E-state index contributed by atoms with van der Waals surface area (Å²) in [4.78, 5) is 15.9. The molecule has 0 atom stereocenters. The molecule has 0 spiro atoms. The Morgan fingerprint density at radius 2 is 2.10 bits per heavy atom. The number of ether oxygens (including phenoxy) is 1. The number of hydrogen-bond donors (Lipinski definition) is 0. The standard InChI is InChI=1S/C15H17BrN2O3/c1-15(2,3)8-12-17-13(18-21-12)10-6-5-9(7-11(10)16)14(19)20-4/h5-7H,8H2,1-4H3. The minimum atomic E-state index is -0.385. The summed E-state index contributed by atoms with van der Waals surface area (Å²) in [6.07, 6.45) is 0.706. The second kappa shape index (κ2) is 5.97. The fourth-order valence-electron chi connectivity index (χ4n) is 1.83. The van der Waals surface area contributed by atoms with Crippen LogP contribution in [-0.2, 0) is 11.2 Å². The van der Waals surface area contributed by atoms with Gasteiger partial charge >= 0.3 is 5.97 Å². The van der Waals surface area contributed by atoms with Crippen molar-refractivity contribution in [1.29, 1.82) is 0 Å². The molecule has 0 saturated heterocycles. The van der Waals surface area contributed by atoms with Crippen LogP contribution in [0, 0.1) is 5.41 Å². The maximum atomic E-state index is 11.5. The summed E-state index contributed by atoms with van der Waals surface area (Å²) in [5.41, 5.74) is 1.31. The third kappa shape index (κ3) is 3.91. The van der Waals surface area contributed by atoms with Gasteiger partial charge < -0.3 is 9.26 Å². The maximum absolute atomic E-state index is 11.5. The summed E-state index contributed by atoms with van der Waals surface area (Å²) in [5, 5.41) is 3.99. The summed E-state index contributed by atoms with van der Waals surface area (Å²) in [6, 6.07) is 5.12. The molecule has 1 aromatic heterocycles. The molecule has 0 aliphatic heterocycles. The topological polar surface area (TPSA) is 65.2 Å². The van der Waals surface area contributed by atoms with Gasteiger partial charge in [0.05, 0.1) is 12.7 Å². The number of benzene rings is 1. The number of aromatic nitrogens is 2. The average Bonchev–Trinajstić information content (AvgIpc) is 2.83. The van der Waals surface area contributed by atoms with Crippen LogP contribution in [0.3, 0.4) is 0 Å². The first-order chi connectivity index (χ1) is 9.80. The van der Waals surface area contributed by atoms with Gasteiger partial charge in [-0.1, -0.05) is 41.9 Å². The van der Waals surface area contributed by atoms with Gasteiger partial charge in [0, 0.05) is 16.5 Å². The molecule has 1 aromatic carbocycles. The van der Waals surface area contributed by atoms with Gasteiger partial charge in [-0.25, -0.2) is 4.79 Å². The smallest absolute Gasteiger partial charge is 0.337 e. The Labute approximate surface area is 131 Å². The van der Waals surface area contributed by atoms with Gasteiger partial charge in [-0.15, -0.1) is 0 Å². The minimum absolute atomic E-state index is 0.0791. The minimum Gasteiger partial charge on any atom is -0.465 e. The third-order valence-electron chi connectivity index (χ3n) is 2.78. The van der Waals surface area contributed by atoms with Crippen LogP contribution in [0.4, 0.5) is 0 Å². The molecule has 1 heterocycles. The van der Waals surface area contributed by atoms with Gasteiger partial charge in [-0.3, -0.25) is 0 Å². The Morgan fingerprint density at radius 3 is 2.67 bits per heavy atom. The number of methoxy groups -OCH3 is 1. The van der Waals surface area contributed by atoms with E-state index < -0.39 is 0 Å². The molecular weight excluding hydrogens is 336 g/mol. The molecule has 6 heteroatoms. The van der Waals surface area contributed by atoms with Crippen molar-refractivity contribution in [3.63, 3.8) is 0 Å². The Hall–Kier alpha value is -1.69. The lowest BCUT2D eigenvalue weighted by molar-refractivity contribution is 0.0600. The van der Waals surface area contributed by atoms with Gasteiger partial charge in [0.25, 0.3) is 0 Å². The highest BCUT2D eigenvalue weighted by molar-refractivity contribution is 9.10. The second-order valence-corrected chi connectivity index (χ2v) is 6.79. The van der Waals surface area contributed by atoms with E-state index in [1.165, 1.54) is 7.11 Å². The molecule has 5 nitrogen and oxygen atoms in total. The van der Waals surface area contributed by atoms with Crippen LogP contribution >= 0.6 is 15.9 Å². The number of rotatable bonds is 3. The molecular formula is C15H17BrN2O3. The van der Waals surface area contributed by atoms with Crippen LogP contribution in [0.1, 0.15) is 37.0 Å². The van der Waals surface area contributed by atoms with Gasteiger partial charge in [-0.2, -0.15) is 4.98 Å². The van der Waals surface area contributed by atoms with Crippen LogP contribution in [0.5, 0.6) is 0 Å². The largest absolute Gasteiger partial charge is 0.465 e. The van der Waals surface area contributed by atoms with Gasteiger partial charge in [0.2, 0.25) is 11.7 Å². The van der Waals surface area contributed by atoms with Crippen LogP contribution in [-0.4, -0.2) is 23.2 Å². The molecule has 0 bridgehead atoms. The van der Waals surface area contributed by atoms with E-state index in [4.69, 9.17) is 4.52 Å². The Morgan fingerprint density at radius 1 is 1.38 bits per heavy atom. The lowest BCUT2D eigenvalue weighted by Gasteiger charge is -2.13. The first-order valence-corrected chi connectivity index (χ1v) is 7.30. The molecule has 0 radical (unpaired) electrons. The van der Waals surface area contributed by atoms with E-state index in [9.17, 15) is 4.79 Å². The molecule has 0 fully saturated rings. The van der Waals surface area contributed by atoms with Crippen molar-refractivity contribution >= 4 is 21.9 Å². The van der Waals surface area contributed by atoms with E-state index in [0.29, 0.717) is 28.2 Å². The number of hydrogen-bond acceptors (Lipinski definition) is 5. The van der Waals surface area contributed by atoms with Crippen molar-refractivity contribution in [2.75, 3.05) is 7.11 Å². The highest BCUT2D eigenvalue weighted by Gasteiger charge is 2.18. The van der Waals surface area contributed by atoms with Crippen LogP contribution in [0.15, 0.2) is 27.2 Å². The number of halogens is 1. The molecule has 0 saturated carbocycles. The molecule has 0 aliphatic rings. The lowest BCUT2D eigenvalue weighted by atomic mass is 9.92. The molecule has 2 aromatic rings. The van der Waals surface area contributed by atoms with E-state index >= 15 is 0 Å². The monoisotopic (exact) mass is 352 g/mol. The van der Waals surface area contributed by atoms with Crippen LogP contribution < -0.4 is 0 Å². The Kier molecular flexibility index (Phi) is 4.46. The summed E-state index contributed by atoms with van der Waals surface area (Å²) < 4.78 is 10.7. The molecule has 2 rings (SSSR count). The zero-order valence-corrected chi connectivity index (χ0v) is 14.0. The van der Waals surface area contributed by atoms with E-state index in [1.807, 2.05) is 0 Å². The highest BCUT2D eigenvalue weighted by Crippen LogP contribution is 2.28. The summed E-state index contributed by atoms with van der Waals surface area (Å²) in [6.45, 7) is 6.33. The van der Waals surface area contributed by atoms with E-state index in [-0.39, 0.29) is 11.4 Å². The fourth-order valence-corrected chi connectivity index (χ4v) is 2.39. The normalized spacial score (nSPS) is 11.5. The summed E-state index contributed by atoms with van der Waals surface area (Å²) >= 11 is 3.42. The van der Waals surface area contributed by atoms with Crippen molar-refractivity contribution in [2.45, 2.75) is 27.2 Å². The van der Waals surface area contributed by atoms with Crippen LogP contribution in [0.25, 0.3) is 11.4 Å². The molecule has 0 amide bonds. The number of carbonyl (C=O) groups excluding carboxylic acids is 1. The lowest BCUT2D eigenvalue weighted by Crippen LogP contribution is -2.09. The highest BCUT2D eigenvalue weighted by atomic mass is 79.9. The van der Waals surface area contributed by atoms with Crippen molar-refractivity contribution < 1.29 is 14.1 Å². The van der Waals surface area contributed by atoms with Crippen LogP contribution in [0.2, 0.25) is 0 Å².